The second-order valence-corrected chi connectivity index (χ2v) is 10.4. The number of methoxy groups -OCH3 is 1. The molecule has 2 aliphatic rings. The average Bonchev–Trinajstić information content (AvgIpc) is 3.70. The Balaban J connectivity index is 1.17. The molecule has 206 valence electrons. The highest BCUT2D eigenvalue weighted by atomic mass is 19.1. The van der Waals surface area contributed by atoms with E-state index in [9.17, 15) is 14.0 Å². The summed E-state index contributed by atoms with van der Waals surface area (Å²) in [4.78, 5) is 29.0. The van der Waals surface area contributed by atoms with Crippen molar-refractivity contribution in [2.45, 2.75) is 69.5 Å². The predicted molar refractivity (Wildman–Crippen MR) is 143 cm³/mol. The molecule has 0 radical (unpaired) electrons. The molecule has 1 amide bonds. The molecule has 7 nitrogen and oxygen atoms in total. The van der Waals surface area contributed by atoms with Gasteiger partial charge in [0.15, 0.2) is 5.69 Å². The Morgan fingerprint density at radius 1 is 1.03 bits per heavy atom. The lowest BCUT2D eigenvalue weighted by Gasteiger charge is -2.26. The van der Waals surface area contributed by atoms with Crippen LogP contribution in [0.15, 0.2) is 59.2 Å². The van der Waals surface area contributed by atoms with E-state index >= 15 is 0 Å². The van der Waals surface area contributed by atoms with Crippen molar-refractivity contribution in [2.24, 2.45) is 5.92 Å². The molecule has 5 rings (SSSR count). The molecule has 8 heteroatoms. The van der Waals surface area contributed by atoms with Crippen molar-refractivity contribution in [2.75, 3.05) is 13.7 Å². The number of aromatic nitrogens is 1. The zero-order valence-electron chi connectivity index (χ0n) is 22.2. The van der Waals surface area contributed by atoms with Gasteiger partial charge in [-0.2, -0.15) is 0 Å². The second kappa shape index (κ2) is 12.6. The van der Waals surface area contributed by atoms with Crippen LogP contribution in [0.2, 0.25) is 0 Å². The normalized spacial score (nSPS) is 21.7. The van der Waals surface area contributed by atoms with Gasteiger partial charge >= 0.3 is 5.97 Å². The van der Waals surface area contributed by atoms with Crippen LogP contribution < -0.4 is 5.32 Å². The summed E-state index contributed by atoms with van der Waals surface area (Å²) < 4.78 is 30.0. The van der Waals surface area contributed by atoms with Crippen LogP contribution in [0.1, 0.15) is 71.1 Å². The van der Waals surface area contributed by atoms with Crippen molar-refractivity contribution in [3.63, 3.8) is 0 Å². The van der Waals surface area contributed by atoms with Gasteiger partial charge in [0.1, 0.15) is 12.1 Å². The van der Waals surface area contributed by atoms with Crippen LogP contribution in [0.4, 0.5) is 4.39 Å². The standard InChI is InChI=1S/C31H35FN2O5/c1-37-28(35)16-11-21-7-2-3-8-22(21)18-24-26-14-15-27(39-26)29(24)31-34-25(19-38-31)30(36)33-17-5-4-6-20-9-12-23(32)13-10-20/h2-3,7-10,12-13,19,24,26-27,29H,4-6,11,14-18H2,1H3,(H,33,36)/t24-,26-,27+,29-/m0/s1. The zero-order chi connectivity index (χ0) is 27.2. The van der Waals surface area contributed by atoms with E-state index < -0.39 is 0 Å². The topological polar surface area (TPSA) is 90.7 Å². The molecule has 2 aliphatic heterocycles. The predicted octanol–water partition coefficient (Wildman–Crippen LogP) is 5.18. The van der Waals surface area contributed by atoms with Crippen LogP contribution in [0.5, 0.6) is 0 Å². The van der Waals surface area contributed by atoms with E-state index in [0.29, 0.717) is 25.3 Å². The minimum atomic E-state index is -0.249. The molecule has 0 unspecified atom stereocenters. The number of benzene rings is 2. The number of fused-ring (bicyclic) bond motifs is 2. The number of nitrogens with zero attached hydrogens (tertiary/aromatic N) is 1. The third-order valence-corrected chi connectivity index (χ3v) is 7.96. The van der Waals surface area contributed by atoms with Crippen LogP contribution in [-0.2, 0) is 33.5 Å². The highest BCUT2D eigenvalue weighted by molar-refractivity contribution is 5.91. The Bertz CT molecular complexity index is 1270. The number of halogens is 1. The van der Waals surface area contributed by atoms with Gasteiger partial charge in [-0.15, -0.1) is 0 Å². The number of hydrogen-bond donors (Lipinski definition) is 1. The Morgan fingerprint density at radius 3 is 2.59 bits per heavy atom. The molecule has 2 bridgehead atoms. The van der Waals surface area contributed by atoms with Crippen molar-refractivity contribution in [1.29, 1.82) is 0 Å². The van der Waals surface area contributed by atoms with Gasteiger partial charge in [0, 0.05) is 18.9 Å². The van der Waals surface area contributed by atoms with Crippen LogP contribution in [0.3, 0.4) is 0 Å². The third kappa shape index (κ3) is 6.56. The number of nitrogens with one attached hydrogen (secondary N) is 1. The van der Waals surface area contributed by atoms with Gasteiger partial charge in [-0.1, -0.05) is 36.4 Å². The van der Waals surface area contributed by atoms with Crippen LogP contribution >= 0.6 is 0 Å². The molecule has 1 N–H and O–H groups in total. The number of carbonyl (C=O) groups is 2. The lowest BCUT2D eigenvalue weighted by atomic mass is 9.75. The molecule has 2 fully saturated rings. The Hall–Kier alpha value is -3.52. The first-order chi connectivity index (χ1) is 19.0. The average molecular weight is 535 g/mol. The molecule has 4 atom stereocenters. The number of hydrogen-bond acceptors (Lipinski definition) is 6. The molecule has 1 aromatic heterocycles. The second-order valence-electron chi connectivity index (χ2n) is 10.4. The quantitative estimate of drug-likeness (QED) is 0.255. The molecule has 2 aromatic carbocycles. The van der Waals surface area contributed by atoms with E-state index in [1.54, 1.807) is 12.1 Å². The molecule has 39 heavy (non-hydrogen) atoms. The maximum absolute atomic E-state index is 13.0. The van der Waals surface area contributed by atoms with Crippen LogP contribution in [0.25, 0.3) is 0 Å². The number of ether oxygens (including phenoxy) is 2. The lowest BCUT2D eigenvalue weighted by Crippen LogP contribution is -2.28. The summed E-state index contributed by atoms with van der Waals surface area (Å²) in [6, 6.07) is 14.7. The molecule has 3 heterocycles. The Morgan fingerprint density at radius 2 is 1.79 bits per heavy atom. The van der Waals surface area contributed by atoms with E-state index in [4.69, 9.17) is 13.9 Å². The molecular formula is C31H35FN2O5. The number of esters is 1. The SMILES string of the molecule is COC(=O)CCc1ccccc1C[C@@H]1[C@H](c2nc(C(=O)NCCCCc3ccc(F)cc3)co2)[C@H]2CC[C@@H]1O2. The Labute approximate surface area is 228 Å². The highest BCUT2D eigenvalue weighted by Crippen LogP contribution is 2.50. The minimum absolute atomic E-state index is 0.0188. The fourth-order valence-corrected chi connectivity index (χ4v) is 5.91. The largest absolute Gasteiger partial charge is 0.469 e. The summed E-state index contributed by atoms with van der Waals surface area (Å²) in [7, 11) is 1.41. The van der Waals surface area contributed by atoms with Gasteiger partial charge in [-0.25, -0.2) is 9.37 Å². The monoisotopic (exact) mass is 534 g/mol. The van der Waals surface area contributed by atoms with Gasteiger partial charge in [0.25, 0.3) is 5.91 Å². The summed E-state index contributed by atoms with van der Waals surface area (Å²) in [5.74, 6) is 0.0196. The number of carbonyl (C=O) groups excluding carboxylic acids is 2. The molecule has 0 spiro atoms. The van der Waals surface area contributed by atoms with Crippen LogP contribution in [0, 0.1) is 11.7 Å². The number of rotatable bonds is 12. The first-order valence-electron chi connectivity index (χ1n) is 13.8. The van der Waals surface area contributed by atoms with E-state index in [-0.39, 0.29) is 47.4 Å². The Kier molecular flexibility index (Phi) is 8.71. The molecule has 2 saturated heterocycles. The van der Waals surface area contributed by atoms with Gasteiger partial charge < -0.3 is 19.2 Å². The van der Waals surface area contributed by atoms with E-state index in [1.807, 2.05) is 12.1 Å². The number of amides is 1. The molecular weight excluding hydrogens is 499 g/mol. The van der Waals surface area contributed by atoms with E-state index in [0.717, 1.165) is 49.7 Å². The number of aryl methyl sites for hydroxylation is 2. The number of oxazole rings is 1. The fraction of sp³-hybridized carbons (Fsp3) is 0.452. The first-order valence-corrected chi connectivity index (χ1v) is 13.8. The van der Waals surface area contributed by atoms with Crippen molar-refractivity contribution in [3.05, 3.63) is 88.9 Å². The number of unbranched alkanes of at least 4 members (excludes halogenated alkanes) is 1. The minimum Gasteiger partial charge on any atom is -0.469 e. The maximum atomic E-state index is 13.0. The van der Waals surface area contributed by atoms with Crippen molar-refractivity contribution in [1.82, 2.24) is 10.3 Å². The van der Waals surface area contributed by atoms with Gasteiger partial charge in [-0.05, 0) is 73.8 Å². The fourth-order valence-electron chi connectivity index (χ4n) is 5.91. The molecule has 3 aromatic rings. The molecule has 0 saturated carbocycles. The van der Waals surface area contributed by atoms with Crippen molar-refractivity contribution >= 4 is 11.9 Å². The first kappa shape index (κ1) is 27.1. The smallest absolute Gasteiger partial charge is 0.305 e. The van der Waals surface area contributed by atoms with E-state index in [2.05, 4.69) is 22.4 Å². The maximum Gasteiger partial charge on any atom is 0.305 e. The summed E-state index contributed by atoms with van der Waals surface area (Å²) in [6.45, 7) is 0.532. The lowest BCUT2D eigenvalue weighted by molar-refractivity contribution is -0.140. The van der Waals surface area contributed by atoms with Gasteiger partial charge in [0.2, 0.25) is 5.89 Å². The molecule has 0 aliphatic carbocycles. The summed E-state index contributed by atoms with van der Waals surface area (Å²) >= 11 is 0. The zero-order valence-corrected chi connectivity index (χ0v) is 22.2. The van der Waals surface area contributed by atoms with Crippen LogP contribution in [-0.4, -0.2) is 42.7 Å². The summed E-state index contributed by atoms with van der Waals surface area (Å²) in [5.41, 5.74) is 3.69. The van der Waals surface area contributed by atoms with Crippen molar-refractivity contribution in [3.8, 4) is 0 Å². The summed E-state index contributed by atoms with van der Waals surface area (Å²) in [5, 5.41) is 2.93. The van der Waals surface area contributed by atoms with E-state index in [1.165, 1.54) is 31.1 Å². The highest BCUT2D eigenvalue weighted by Gasteiger charge is 2.51. The third-order valence-electron chi connectivity index (χ3n) is 7.96. The van der Waals surface area contributed by atoms with Gasteiger partial charge in [-0.3, -0.25) is 9.59 Å². The van der Waals surface area contributed by atoms with Crippen molar-refractivity contribution < 1.29 is 27.9 Å². The summed E-state index contributed by atoms with van der Waals surface area (Å²) in [6.07, 6.45) is 7.85. The van der Waals surface area contributed by atoms with Gasteiger partial charge in [0.05, 0.1) is 25.2 Å².